The highest BCUT2D eigenvalue weighted by molar-refractivity contribution is 6.21. The number of ether oxygens (including phenoxy) is 1. The fourth-order valence-corrected chi connectivity index (χ4v) is 2.00. The van der Waals surface area contributed by atoms with E-state index in [0.717, 1.165) is 16.8 Å². The van der Waals surface area contributed by atoms with Crippen LogP contribution in [0.25, 0.3) is 0 Å². The maximum atomic E-state index is 12.0. The number of hydrogen-bond donors (Lipinski definition) is 0. The molecule has 0 spiro atoms. The normalized spacial score (nSPS) is 10.4. The lowest BCUT2D eigenvalue weighted by Gasteiger charge is -2.23. The number of carbonyl (C=O) groups excluding carboxylic acids is 1. The highest BCUT2D eigenvalue weighted by atomic mass is 35.5. The van der Waals surface area contributed by atoms with Gasteiger partial charge < -0.3 is 4.74 Å². The van der Waals surface area contributed by atoms with Gasteiger partial charge in [-0.25, -0.2) is 0 Å². The Bertz CT molecular complexity index is 373. The van der Waals surface area contributed by atoms with E-state index in [1.807, 2.05) is 39.0 Å². The number of rotatable bonds is 5. The summed E-state index contributed by atoms with van der Waals surface area (Å²) in [6, 6.07) is 6.04. The van der Waals surface area contributed by atoms with Crippen molar-refractivity contribution in [1.82, 2.24) is 0 Å². The quantitative estimate of drug-likeness (QED) is 0.598. The third-order valence-corrected chi connectivity index (χ3v) is 2.80. The van der Waals surface area contributed by atoms with Gasteiger partial charge in [0.2, 0.25) is 0 Å². The third kappa shape index (κ3) is 3.45. The van der Waals surface area contributed by atoms with Crippen LogP contribution in [0.4, 0.5) is 5.69 Å². The SMILES string of the molecule is CCOCC(=O)N(CCl)c1c(C)cccc1C. The zero-order valence-corrected chi connectivity index (χ0v) is 11.3. The van der Waals surface area contributed by atoms with Gasteiger partial charge in [-0.15, -0.1) is 11.6 Å². The van der Waals surface area contributed by atoms with Crippen LogP contribution in [0.2, 0.25) is 0 Å². The summed E-state index contributed by atoms with van der Waals surface area (Å²) in [5, 5.41) is 0. The molecule has 0 aliphatic heterocycles. The number of amides is 1. The molecule has 4 heteroatoms. The molecular formula is C13H18ClNO2. The molecule has 0 bridgehead atoms. The van der Waals surface area contributed by atoms with Gasteiger partial charge in [0, 0.05) is 6.61 Å². The number of hydrogen-bond acceptors (Lipinski definition) is 2. The lowest BCUT2D eigenvalue weighted by atomic mass is 10.1. The van der Waals surface area contributed by atoms with Gasteiger partial charge in [0.15, 0.2) is 0 Å². The van der Waals surface area contributed by atoms with E-state index in [4.69, 9.17) is 16.3 Å². The maximum absolute atomic E-state index is 12.0. The number of anilines is 1. The van der Waals surface area contributed by atoms with Crippen LogP contribution in [0, 0.1) is 13.8 Å². The van der Waals surface area contributed by atoms with Gasteiger partial charge in [-0.3, -0.25) is 9.69 Å². The Morgan fingerprint density at radius 3 is 2.41 bits per heavy atom. The molecule has 0 saturated carbocycles. The number of alkyl halides is 1. The molecule has 0 aliphatic rings. The Morgan fingerprint density at radius 2 is 1.94 bits per heavy atom. The molecule has 94 valence electrons. The van der Waals surface area contributed by atoms with Crippen molar-refractivity contribution in [1.29, 1.82) is 0 Å². The molecule has 0 fully saturated rings. The smallest absolute Gasteiger partial charge is 0.254 e. The van der Waals surface area contributed by atoms with Crippen LogP contribution in [-0.2, 0) is 9.53 Å². The predicted octanol–water partition coefficient (Wildman–Crippen LogP) is 2.87. The summed E-state index contributed by atoms with van der Waals surface area (Å²) in [6.45, 7) is 6.38. The molecule has 0 unspecified atom stereocenters. The second-order valence-corrected chi connectivity index (χ2v) is 4.06. The second kappa shape index (κ2) is 6.62. The highest BCUT2D eigenvalue weighted by Gasteiger charge is 2.18. The van der Waals surface area contributed by atoms with Crippen molar-refractivity contribution in [2.24, 2.45) is 0 Å². The summed E-state index contributed by atoms with van der Waals surface area (Å²) in [4.78, 5) is 13.5. The molecule has 17 heavy (non-hydrogen) atoms. The first-order valence-corrected chi connectivity index (χ1v) is 6.15. The number of halogens is 1. The van der Waals surface area contributed by atoms with Crippen LogP contribution in [0.15, 0.2) is 18.2 Å². The van der Waals surface area contributed by atoms with Crippen LogP contribution in [-0.4, -0.2) is 25.1 Å². The summed E-state index contributed by atoms with van der Waals surface area (Å²) in [5.41, 5.74) is 2.96. The lowest BCUT2D eigenvalue weighted by Crippen LogP contribution is -2.34. The Kier molecular flexibility index (Phi) is 5.45. The van der Waals surface area contributed by atoms with Gasteiger partial charge in [-0.2, -0.15) is 0 Å². The van der Waals surface area contributed by atoms with Crippen molar-refractivity contribution < 1.29 is 9.53 Å². The standard InChI is InChI=1S/C13H18ClNO2/c1-4-17-8-12(16)15(9-14)13-10(2)6-5-7-11(13)3/h5-7H,4,8-9H2,1-3H3. The number of nitrogens with zero attached hydrogens (tertiary/aromatic N) is 1. The first-order chi connectivity index (χ1) is 8.11. The van der Waals surface area contributed by atoms with Gasteiger partial charge in [0.05, 0.1) is 5.69 Å². The molecule has 0 atom stereocenters. The zero-order valence-electron chi connectivity index (χ0n) is 10.5. The second-order valence-electron chi connectivity index (χ2n) is 3.82. The van der Waals surface area contributed by atoms with Crippen LogP contribution in [0.1, 0.15) is 18.1 Å². The summed E-state index contributed by atoms with van der Waals surface area (Å²) in [6.07, 6.45) is 0. The maximum Gasteiger partial charge on any atom is 0.254 e. The molecule has 0 heterocycles. The Labute approximate surface area is 107 Å². The summed E-state index contributed by atoms with van der Waals surface area (Å²) < 4.78 is 5.13. The van der Waals surface area contributed by atoms with E-state index in [9.17, 15) is 4.79 Å². The van der Waals surface area contributed by atoms with E-state index in [1.54, 1.807) is 4.90 Å². The summed E-state index contributed by atoms with van der Waals surface area (Å²) in [7, 11) is 0. The average molecular weight is 256 g/mol. The van der Waals surface area contributed by atoms with E-state index in [-0.39, 0.29) is 18.5 Å². The van der Waals surface area contributed by atoms with E-state index < -0.39 is 0 Å². The monoisotopic (exact) mass is 255 g/mol. The van der Waals surface area contributed by atoms with Crippen molar-refractivity contribution >= 4 is 23.2 Å². The van der Waals surface area contributed by atoms with Crippen LogP contribution < -0.4 is 4.90 Å². The number of aryl methyl sites for hydroxylation is 2. The largest absolute Gasteiger partial charge is 0.372 e. The van der Waals surface area contributed by atoms with E-state index in [1.165, 1.54) is 0 Å². The molecule has 1 aromatic rings. The number of benzene rings is 1. The molecule has 1 amide bonds. The Morgan fingerprint density at radius 1 is 1.35 bits per heavy atom. The summed E-state index contributed by atoms with van der Waals surface area (Å²) in [5.74, 6) is -0.112. The average Bonchev–Trinajstić information content (AvgIpc) is 2.31. The van der Waals surface area contributed by atoms with Crippen molar-refractivity contribution in [2.75, 3.05) is 24.1 Å². The Balaban J connectivity index is 2.97. The molecule has 0 aliphatic carbocycles. The molecular weight excluding hydrogens is 238 g/mol. The van der Waals surface area contributed by atoms with Crippen molar-refractivity contribution in [3.63, 3.8) is 0 Å². The number of carbonyl (C=O) groups is 1. The molecule has 0 saturated heterocycles. The van der Waals surface area contributed by atoms with Gasteiger partial charge in [0.25, 0.3) is 5.91 Å². The van der Waals surface area contributed by atoms with Gasteiger partial charge >= 0.3 is 0 Å². The fourth-order valence-electron chi connectivity index (χ4n) is 1.75. The van der Waals surface area contributed by atoms with Crippen molar-refractivity contribution in [3.8, 4) is 0 Å². The minimum absolute atomic E-state index is 0.0665. The number of para-hydroxylation sites is 1. The first-order valence-electron chi connectivity index (χ1n) is 5.62. The third-order valence-electron chi connectivity index (χ3n) is 2.56. The van der Waals surface area contributed by atoms with Crippen LogP contribution >= 0.6 is 11.6 Å². The predicted molar refractivity (Wildman–Crippen MR) is 70.6 cm³/mol. The Hall–Kier alpha value is -1.06. The van der Waals surface area contributed by atoms with Gasteiger partial charge in [-0.1, -0.05) is 18.2 Å². The first kappa shape index (κ1) is 14.0. The lowest BCUT2D eigenvalue weighted by molar-refractivity contribution is -0.122. The fraction of sp³-hybridized carbons (Fsp3) is 0.462. The highest BCUT2D eigenvalue weighted by Crippen LogP contribution is 2.25. The van der Waals surface area contributed by atoms with E-state index >= 15 is 0 Å². The van der Waals surface area contributed by atoms with Gasteiger partial charge in [0.1, 0.15) is 12.6 Å². The van der Waals surface area contributed by atoms with Gasteiger partial charge in [-0.05, 0) is 31.9 Å². The molecule has 0 aromatic heterocycles. The molecule has 0 radical (unpaired) electrons. The zero-order chi connectivity index (χ0) is 12.8. The van der Waals surface area contributed by atoms with Crippen LogP contribution in [0.3, 0.4) is 0 Å². The molecule has 0 N–H and O–H groups in total. The minimum Gasteiger partial charge on any atom is -0.372 e. The minimum atomic E-state index is -0.112. The topological polar surface area (TPSA) is 29.5 Å². The molecule has 3 nitrogen and oxygen atoms in total. The summed E-state index contributed by atoms with van der Waals surface area (Å²) >= 11 is 5.87. The molecule has 1 rings (SSSR count). The van der Waals surface area contributed by atoms with E-state index in [2.05, 4.69) is 0 Å². The molecule has 1 aromatic carbocycles. The van der Waals surface area contributed by atoms with Crippen molar-refractivity contribution in [3.05, 3.63) is 29.3 Å². The van der Waals surface area contributed by atoms with Crippen molar-refractivity contribution in [2.45, 2.75) is 20.8 Å². The van der Waals surface area contributed by atoms with E-state index in [0.29, 0.717) is 6.61 Å². The van der Waals surface area contributed by atoms with Crippen LogP contribution in [0.5, 0.6) is 0 Å².